The molecule has 0 heterocycles. The Balaban J connectivity index is 2.32. The smallest absolute Gasteiger partial charge is 0.0613 e. The zero-order valence-corrected chi connectivity index (χ0v) is 10.0. The van der Waals surface area contributed by atoms with Crippen molar-refractivity contribution < 1.29 is 4.74 Å². The van der Waals surface area contributed by atoms with Crippen LogP contribution in [0.3, 0.4) is 0 Å². The van der Waals surface area contributed by atoms with Gasteiger partial charge in [-0.15, -0.1) is 11.6 Å². The number of ether oxygens (including phenoxy) is 1. The van der Waals surface area contributed by atoms with Gasteiger partial charge in [-0.2, -0.15) is 0 Å². The fourth-order valence-electron chi connectivity index (χ4n) is 2.28. The molecule has 1 fully saturated rings. The molecule has 0 amide bonds. The molecule has 1 aliphatic carbocycles. The van der Waals surface area contributed by atoms with Crippen molar-refractivity contribution in [3.63, 3.8) is 0 Å². The second kappa shape index (κ2) is 6.65. The van der Waals surface area contributed by atoms with Crippen molar-refractivity contribution in [2.24, 2.45) is 5.92 Å². The number of alkyl halides is 1. The molecule has 1 saturated carbocycles. The monoisotopic (exact) mass is 219 g/mol. The molecule has 14 heavy (non-hydrogen) atoms. The molecule has 0 aromatic rings. The molecule has 3 atom stereocenters. The van der Waals surface area contributed by atoms with Gasteiger partial charge in [-0.25, -0.2) is 0 Å². The van der Waals surface area contributed by atoms with Crippen molar-refractivity contribution in [2.45, 2.75) is 44.7 Å². The fourth-order valence-corrected chi connectivity index (χ4v) is 2.64. The number of methoxy groups -OCH3 is 1. The molecular weight excluding hydrogens is 198 g/mol. The summed E-state index contributed by atoms with van der Waals surface area (Å²) in [6.45, 7) is 2.95. The van der Waals surface area contributed by atoms with Crippen LogP contribution in [0.15, 0.2) is 0 Å². The van der Waals surface area contributed by atoms with Crippen LogP contribution in [0.4, 0.5) is 0 Å². The molecule has 3 unspecified atom stereocenters. The molecular formula is C11H22ClNO. The van der Waals surface area contributed by atoms with Crippen molar-refractivity contribution in [3.05, 3.63) is 0 Å². The van der Waals surface area contributed by atoms with Crippen molar-refractivity contribution in [3.8, 4) is 0 Å². The lowest BCUT2D eigenvalue weighted by atomic mass is 9.85. The average Bonchev–Trinajstić information content (AvgIpc) is 2.19. The lowest BCUT2D eigenvalue weighted by molar-refractivity contribution is 0.153. The minimum Gasteiger partial charge on any atom is -0.383 e. The number of hydrogen-bond acceptors (Lipinski definition) is 2. The van der Waals surface area contributed by atoms with E-state index in [-0.39, 0.29) is 0 Å². The molecule has 0 spiro atoms. The first-order valence-corrected chi connectivity index (χ1v) is 6.12. The van der Waals surface area contributed by atoms with Gasteiger partial charge < -0.3 is 10.1 Å². The quantitative estimate of drug-likeness (QED) is 0.718. The fraction of sp³-hybridized carbons (Fsp3) is 1.00. The van der Waals surface area contributed by atoms with Gasteiger partial charge >= 0.3 is 0 Å². The highest BCUT2D eigenvalue weighted by molar-refractivity contribution is 6.18. The molecule has 0 aromatic carbocycles. The Morgan fingerprint density at radius 2 is 2.14 bits per heavy atom. The van der Waals surface area contributed by atoms with Gasteiger partial charge in [0, 0.05) is 25.1 Å². The van der Waals surface area contributed by atoms with E-state index in [1.165, 1.54) is 25.7 Å². The van der Waals surface area contributed by atoms with Crippen LogP contribution in [0.25, 0.3) is 0 Å². The van der Waals surface area contributed by atoms with E-state index in [9.17, 15) is 0 Å². The number of hydrogen-bond donors (Lipinski definition) is 1. The first kappa shape index (κ1) is 12.3. The standard InChI is InChI=1S/C11H22ClNO/c1-9(8-14-2)13-11-6-4-3-5-10(11)7-12/h9-11,13H,3-8H2,1-2H3. The third kappa shape index (κ3) is 3.76. The highest BCUT2D eigenvalue weighted by Crippen LogP contribution is 2.25. The van der Waals surface area contributed by atoms with E-state index >= 15 is 0 Å². The summed E-state index contributed by atoms with van der Waals surface area (Å²) in [5.41, 5.74) is 0. The lowest BCUT2D eigenvalue weighted by Gasteiger charge is -2.33. The van der Waals surface area contributed by atoms with Crippen LogP contribution in [0.1, 0.15) is 32.6 Å². The first-order valence-electron chi connectivity index (χ1n) is 5.59. The maximum Gasteiger partial charge on any atom is 0.0613 e. The third-order valence-corrected chi connectivity index (χ3v) is 3.42. The zero-order chi connectivity index (χ0) is 10.4. The van der Waals surface area contributed by atoms with Crippen molar-refractivity contribution in [1.82, 2.24) is 5.32 Å². The normalized spacial score (nSPS) is 30.2. The zero-order valence-electron chi connectivity index (χ0n) is 9.26. The molecule has 3 heteroatoms. The molecule has 0 bridgehead atoms. The van der Waals surface area contributed by atoms with Crippen molar-refractivity contribution in [1.29, 1.82) is 0 Å². The minimum atomic E-state index is 0.439. The second-order valence-electron chi connectivity index (χ2n) is 4.33. The van der Waals surface area contributed by atoms with Crippen LogP contribution in [0.2, 0.25) is 0 Å². The Morgan fingerprint density at radius 3 is 2.79 bits per heavy atom. The van der Waals surface area contributed by atoms with Gasteiger partial charge in [0.1, 0.15) is 0 Å². The van der Waals surface area contributed by atoms with Gasteiger partial charge in [-0.3, -0.25) is 0 Å². The summed E-state index contributed by atoms with van der Waals surface area (Å²) < 4.78 is 5.12. The van der Waals surface area contributed by atoms with E-state index in [0.717, 1.165) is 12.5 Å². The summed E-state index contributed by atoms with van der Waals surface area (Å²) in [5, 5.41) is 3.61. The highest BCUT2D eigenvalue weighted by Gasteiger charge is 2.24. The maximum atomic E-state index is 5.96. The van der Waals surface area contributed by atoms with Gasteiger partial charge in [-0.1, -0.05) is 12.8 Å². The maximum absolute atomic E-state index is 5.96. The van der Waals surface area contributed by atoms with E-state index in [1.54, 1.807) is 7.11 Å². The summed E-state index contributed by atoms with van der Waals surface area (Å²) in [6, 6.07) is 1.04. The molecule has 1 N–H and O–H groups in total. The largest absolute Gasteiger partial charge is 0.383 e. The summed E-state index contributed by atoms with van der Waals surface area (Å²) in [5.74, 6) is 1.45. The number of nitrogens with one attached hydrogen (secondary N) is 1. The average molecular weight is 220 g/mol. The van der Waals surface area contributed by atoms with Crippen LogP contribution in [-0.4, -0.2) is 31.7 Å². The lowest BCUT2D eigenvalue weighted by Crippen LogP contribution is -2.45. The number of halogens is 1. The molecule has 84 valence electrons. The minimum absolute atomic E-state index is 0.439. The van der Waals surface area contributed by atoms with E-state index in [0.29, 0.717) is 18.0 Å². The van der Waals surface area contributed by atoms with Crippen LogP contribution >= 0.6 is 11.6 Å². The van der Waals surface area contributed by atoms with Crippen LogP contribution < -0.4 is 5.32 Å². The Labute approximate surface area is 92.3 Å². The topological polar surface area (TPSA) is 21.3 Å². The molecule has 1 aliphatic rings. The predicted octanol–water partition coefficient (Wildman–Crippen LogP) is 2.41. The molecule has 0 aromatic heterocycles. The molecule has 0 radical (unpaired) electrons. The van der Waals surface area contributed by atoms with Gasteiger partial charge in [0.15, 0.2) is 0 Å². The SMILES string of the molecule is COCC(C)NC1CCCCC1CCl. The van der Waals surface area contributed by atoms with E-state index in [1.807, 2.05) is 0 Å². The summed E-state index contributed by atoms with van der Waals surface area (Å²) in [6.07, 6.45) is 5.23. The Hall–Kier alpha value is 0.210. The van der Waals surface area contributed by atoms with Gasteiger partial charge in [-0.05, 0) is 25.7 Å². The molecule has 1 rings (SSSR count). The first-order chi connectivity index (χ1) is 6.77. The van der Waals surface area contributed by atoms with Gasteiger partial charge in [0.05, 0.1) is 6.61 Å². The van der Waals surface area contributed by atoms with Crippen molar-refractivity contribution >= 4 is 11.6 Å². The molecule has 2 nitrogen and oxygen atoms in total. The Kier molecular flexibility index (Phi) is 5.83. The predicted molar refractivity (Wildman–Crippen MR) is 60.9 cm³/mol. The van der Waals surface area contributed by atoms with Crippen molar-refractivity contribution in [2.75, 3.05) is 19.6 Å². The molecule has 0 saturated heterocycles. The van der Waals surface area contributed by atoms with Crippen LogP contribution in [0.5, 0.6) is 0 Å². The summed E-state index contributed by atoms with van der Waals surface area (Å²) >= 11 is 5.96. The van der Waals surface area contributed by atoms with Gasteiger partial charge in [0.2, 0.25) is 0 Å². The van der Waals surface area contributed by atoms with Crippen LogP contribution in [0, 0.1) is 5.92 Å². The molecule has 0 aliphatic heterocycles. The van der Waals surface area contributed by atoms with Gasteiger partial charge in [0.25, 0.3) is 0 Å². The second-order valence-corrected chi connectivity index (χ2v) is 4.64. The van der Waals surface area contributed by atoms with E-state index in [2.05, 4.69) is 12.2 Å². The van der Waals surface area contributed by atoms with E-state index in [4.69, 9.17) is 16.3 Å². The Morgan fingerprint density at radius 1 is 1.43 bits per heavy atom. The number of rotatable bonds is 5. The highest BCUT2D eigenvalue weighted by atomic mass is 35.5. The third-order valence-electron chi connectivity index (χ3n) is 3.02. The Bertz CT molecular complexity index is 154. The van der Waals surface area contributed by atoms with Crippen LogP contribution in [-0.2, 0) is 4.74 Å². The van der Waals surface area contributed by atoms with E-state index < -0.39 is 0 Å². The summed E-state index contributed by atoms with van der Waals surface area (Å²) in [4.78, 5) is 0. The summed E-state index contributed by atoms with van der Waals surface area (Å²) in [7, 11) is 1.75.